The Morgan fingerprint density at radius 3 is 2.53 bits per heavy atom. The van der Waals surface area contributed by atoms with Crippen LogP contribution in [0, 0.1) is 0 Å². The maximum atomic E-state index is 5.78. The van der Waals surface area contributed by atoms with Gasteiger partial charge in [0, 0.05) is 38.0 Å². The minimum absolute atomic E-state index is 0.787. The summed E-state index contributed by atoms with van der Waals surface area (Å²) in [6.07, 6.45) is 0. The molecule has 1 aromatic carbocycles. The van der Waals surface area contributed by atoms with Crippen molar-refractivity contribution in [3.63, 3.8) is 0 Å². The summed E-state index contributed by atoms with van der Waals surface area (Å²) in [6.45, 7) is 1.70. The van der Waals surface area contributed by atoms with Gasteiger partial charge in [-0.1, -0.05) is 15.9 Å². The molecule has 0 spiro atoms. The van der Waals surface area contributed by atoms with Gasteiger partial charge in [0.1, 0.15) is 0 Å². The van der Waals surface area contributed by atoms with Crippen LogP contribution >= 0.6 is 43.2 Å². The van der Waals surface area contributed by atoms with Crippen molar-refractivity contribution in [2.24, 2.45) is 0 Å². The maximum absolute atomic E-state index is 5.78. The zero-order chi connectivity index (χ0) is 12.3. The van der Waals surface area contributed by atoms with Gasteiger partial charge in [0.2, 0.25) is 0 Å². The number of nitrogens with two attached hydrogens (primary N) is 1. The molecule has 0 aliphatic heterocycles. The quantitative estimate of drug-likeness (QED) is 0.788. The molecular weight excluding hydrogens is 364 g/mol. The molecule has 5 heteroatoms. The largest absolute Gasteiger partial charge is 0.399 e. The van der Waals surface area contributed by atoms with E-state index in [-0.39, 0.29) is 0 Å². The first-order valence-electron chi connectivity index (χ1n) is 5.12. The van der Waals surface area contributed by atoms with Crippen molar-refractivity contribution >= 4 is 48.9 Å². The number of nitrogen functional groups attached to an aromatic ring is 1. The number of thiophene rings is 1. The van der Waals surface area contributed by atoms with Crippen LogP contribution in [0.3, 0.4) is 0 Å². The van der Waals surface area contributed by atoms with Crippen LogP contribution in [0.5, 0.6) is 0 Å². The van der Waals surface area contributed by atoms with E-state index in [1.807, 2.05) is 12.1 Å². The monoisotopic (exact) mass is 374 g/mol. The first-order valence-corrected chi connectivity index (χ1v) is 7.58. The van der Waals surface area contributed by atoms with Crippen molar-refractivity contribution in [2.45, 2.75) is 13.1 Å². The Balaban J connectivity index is 1.89. The number of rotatable bonds is 4. The van der Waals surface area contributed by atoms with E-state index in [4.69, 9.17) is 5.73 Å². The fourth-order valence-electron chi connectivity index (χ4n) is 1.55. The van der Waals surface area contributed by atoms with Gasteiger partial charge in [0.25, 0.3) is 0 Å². The lowest BCUT2D eigenvalue weighted by Gasteiger charge is -2.05. The van der Waals surface area contributed by atoms with Gasteiger partial charge < -0.3 is 11.1 Å². The van der Waals surface area contributed by atoms with E-state index < -0.39 is 0 Å². The van der Waals surface area contributed by atoms with Gasteiger partial charge in [-0.3, -0.25) is 0 Å². The number of hydrogen-bond acceptors (Lipinski definition) is 3. The summed E-state index contributed by atoms with van der Waals surface area (Å²) in [6, 6.07) is 8.10. The molecule has 2 rings (SSSR count). The summed E-state index contributed by atoms with van der Waals surface area (Å²) in [5.41, 5.74) is 7.76. The molecule has 0 saturated heterocycles. The molecule has 90 valence electrons. The van der Waals surface area contributed by atoms with Crippen LogP contribution in [0.25, 0.3) is 0 Å². The van der Waals surface area contributed by atoms with Gasteiger partial charge in [-0.05, 0) is 45.8 Å². The second-order valence-corrected chi connectivity index (χ2v) is 6.55. The fourth-order valence-corrected chi connectivity index (χ4v) is 3.53. The molecule has 0 atom stereocenters. The molecule has 3 N–H and O–H groups in total. The Bertz CT molecular complexity index is 491. The van der Waals surface area contributed by atoms with Crippen molar-refractivity contribution in [2.75, 3.05) is 5.73 Å². The molecule has 2 aromatic rings. The summed E-state index contributed by atoms with van der Waals surface area (Å²) in [5, 5.41) is 5.49. The second-order valence-electron chi connectivity index (χ2n) is 3.73. The van der Waals surface area contributed by atoms with E-state index >= 15 is 0 Å². The summed E-state index contributed by atoms with van der Waals surface area (Å²) in [7, 11) is 0. The van der Waals surface area contributed by atoms with E-state index in [9.17, 15) is 0 Å². The lowest BCUT2D eigenvalue weighted by atomic mass is 10.2. The molecule has 0 aliphatic rings. The predicted octanol–water partition coefficient (Wildman–Crippen LogP) is 4.15. The summed E-state index contributed by atoms with van der Waals surface area (Å²) >= 11 is 8.64. The predicted molar refractivity (Wildman–Crippen MR) is 81.1 cm³/mol. The third kappa shape index (κ3) is 4.10. The van der Waals surface area contributed by atoms with Gasteiger partial charge >= 0.3 is 0 Å². The van der Waals surface area contributed by atoms with Crippen LogP contribution in [-0.4, -0.2) is 0 Å². The maximum Gasteiger partial charge on any atom is 0.0328 e. The van der Waals surface area contributed by atoms with Crippen LogP contribution < -0.4 is 11.1 Å². The highest BCUT2D eigenvalue weighted by atomic mass is 79.9. The molecule has 1 heterocycles. The molecule has 0 aliphatic carbocycles. The Kier molecular flexibility index (Phi) is 4.62. The Morgan fingerprint density at radius 1 is 1.06 bits per heavy atom. The minimum atomic E-state index is 0.787. The number of benzene rings is 1. The van der Waals surface area contributed by atoms with Crippen molar-refractivity contribution in [1.29, 1.82) is 0 Å². The van der Waals surface area contributed by atoms with Gasteiger partial charge in [-0.2, -0.15) is 0 Å². The third-order valence-corrected chi connectivity index (χ3v) is 4.39. The summed E-state index contributed by atoms with van der Waals surface area (Å²) < 4.78 is 2.17. The van der Waals surface area contributed by atoms with Crippen molar-refractivity contribution in [3.05, 3.63) is 49.0 Å². The summed E-state index contributed by atoms with van der Waals surface area (Å²) in [4.78, 5) is 1.32. The van der Waals surface area contributed by atoms with E-state index in [1.54, 1.807) is 11.3 Å². The first kappa shape index (κ1) is 13.1. The van der Waals surface area contributed by atoms with Crippen LogP contribution in [0.15, 0.2) is 38.6 Å². The average molecular weight is 376 g/mol. The second kappa shape index (κ2) is 6.00. The van der Waals surface area contributed by atoms with Crippen LogP contribution in [0.4, 0.5) is 5.69 Å². The molecule has 2 nitrogen and oxygen atoms in total. The highest BCUT2D eigenvalue weighted by molar-refractivity contribution is 9.10. The van der Waals surface area contributed by atoms with E-state index in [2.05, 4.69) is 54.7 Å². The van der Waals surface area contributed by atoms with Crippen LogP contribution in [0.2, 0.25) is 0 Å². The number of hydrogen-bond donors (Lipinski definition) is 2. The molecular formula is C12H12Br2N2S. The highest BCUT2D eigenvalue weighted by Gasteiger charge is 1.99. The smallest absolute Gasteiger partial charge is 0.0328 e. The van der Waals surface area contributed by atoms with Crippen LogP contribution in [-0.2, 0) is 13.1 Å². The molecule has 0 amide bonds. The average Bonchev–Trinajstić information content (AvgIpc) is 2.63. The van der Waals surface area contributed by atoms with Gasteiger partial charge in [-0.25, -0.2) is 0 Å². The lowest BCUT2D eigenvalue weighted by molar-refractivity contribution is 0.701. The van der Waals surface area contributed by atoms with Gasteiger partial charge in [0.05, 0.1) is 0 Å². The summed E-state index contributed by atoms with van der Waals surface area (Å²) in [5.74, 6) is 0. The Labute approximate surface area is 121 Å². The Hall–Kier alpha value is -0.360. The van der Waals surface area contributed by atoms with Crippen molar-refractivity contribution in [1.82, 2.24) is 5.32 Å². The minimum Gasteiger partial charge on any atom is -0.399 e. The zero-order valence-corrected chi connectivity index (χ0v) is 13.0. The number of halogens is 2. The number of anilines is 1. The lowest BCUT2D eigenvalue weighted by Crippen LogP contribution is -2.11. The van der Waals surface area contributed by atoms with Crippen molar-refractivity contribution in [3.8, 4) is 0 Å². The standard InChI is InChI=1S/C12H12Br2N2S/c13-9-1-8(2-11(15)3-9)5-16-6-12-4-10(14)7-17-12/h1-4,7,16H,5-6,15H2. The number of nitrogens with one attached hydrogen (secondary N) is 1. The van der Waals surface area contributed by atoms with Crippen LogP contribution in [0.1, 0.15) is 10.4 Å². The molecule has 0 unspecified atom stereocenters. The van der Waals surface area contributed by atoms with E-state index in [1.165, 1.54) is 10.4 Å². The molecule has 0 radical (unpaired) electrons. The third-order valence-electron chi connectivity index (χ3n) is 2.23. The van der Waals surface area contributed by atoms with Gasteiger partial charge in [-0.15, -0.1) is 11.3 Å². The zero-order valence-electron chi connectivity index (χ0n) is 9.04. The topological polar surface area (TPSA) is 38.0 Å². The SMILES string of the molecule is Nc1cc(Br)cc(CNCc2cc(Br)cs2)c1. The van der Waals surface area contributed by atoms with E-state index in [0.717, 1.165) is 27.7 Å². The highest BCUT2D eigenvalue weighted by Crippen LogP contribution is 2.20. The van der Waals surface area contributed by atoms with E-state index in [0.29, 0.717) is 0 Å². The normalized spacial score (nSPS) is 10.7. The molecule has 0 fully saturated rings. The molecule has 0 bridgehead atoms. The fraction of sp³-hybridized carbons (Fsp3) is 0.167. The first-order chi connectivity index (χ1) is 8.13. The molecule has 1 aromatic heterocycles. The van der Waals surface area contributed by atoms with Gasteiger partial charge in [0.15, 0.2) is 0 Å². The molecule has 0 saturated carbocycles. The molecule has 17 heavy (non-hydrogen) atoms. The Morgan fingerprint density at radius 2 is 1.88 bits per heavy atom. The van der Waals surface area contributed by atoms with Crippen molar-refractivity contribution < 1.29 is 0 Å².